The van der Waals surface area contributed by atoms with Gasteiger partial charge in [-0.15, -0.1) is 0 Å². The number of hydrogen-bond acceptors (Lipinski definition) is 7. The Morgan fingerprint density at radius 1 is 1.13 bits per heavy atom. The molecule has 200 valence electrons. The number of rotatable bonds is 9. The third kappa shape index (κ3) is 6.01. The molecular formula is C27H32AsFN6O3. The summed E-state index contributed by atoms with van der Waals surface area (Å²) in [5.41, 5.74) is 6.90. The van der Waals surface area contributed by atoms with E-state index in [0.29, 0.717) is 35.8 Å². The average molecular weight is 583 g/mol. The van der Waals surface area contributed by atoms with E-state index in [1.165, 1.54) is 6.42 Å². The van der Waals surface area contributed by atoms with E-state index in [-0.39, 0.29) is 29.1 Å². The summed E-state index contributed by atoms with van der Waals surface area (Å²) in [6.45, 7) is 1.71. The molecule has 2 aliphatic rings. The number of likely N-dealkylation sites (tertiary alicyclic amines) is 1. The fourth-order valence-electron chi connectivity index (χ4n) is 4.99. The summed E-state index contributed by atoms with van der Waals surface area (Å²) in [6.07, 6.45) is 5.87. The molecule has 3 heterocycles. The van der Waals surface area contributed by atoms with Crippen LogP contribution in [0.5, 0.6) is 5.88 Å². The first-order chi connectivity index (χ1) is 18.4. The number of pyridine rings is 2. The minimum absolute atomic E-state index is 0.0209. The maximum atomic E-state index is 14.9. The second kappa shape index (κ2) is 11.6. The van der Waals surface area contributed by atoms with Crippen molar-refractivity contribution in [1.29, 1.82) is 0 Å². The standard InChI is InChI=1S/C27H32AsFN6O3/c28-19-4-1-2-5-22(19)33-27-20(29)15-18(25(30)37)26(34-27)31-17-8-9-21-16(14-17)7-10-23(32-21)38-13-12-35-11-3-6-24(35)36/h7-10,14-15,19,22H,1-6,11-13,28H2,(H2,30,37)(H2,31,33,34). The molecule has 1 aliphatic carbocycles. The van der Waals surface area contributed by atoms with E-state index in [1.54, 1.807) is 33.9 Å². The normalized spacial score (nSPS) is 19.5. The summed E-state index contributed by atoms with van der Waals surface area (Å²) in [5, 5.41) is 7.23. The van der Waals surface area contributed by atoms with Gasteiger partial charge in [-0.2, -0.15) is 0 Å². The third-order valence-corrected chi connectivity index (χ3v) is 8.77. The van der Waals surface area contributed by atoms with Crippen LogP contribution < -0.4 is 21.1 Å². The number of nitrogens with zero attached hydrogens (tertiary/aromatic N) is 3. The Labute approximate surface area is 229 Å². The van der Waals surface area contributed by atoms with E-state index in [2.05, 4.69) is 20.6 Å². The molecule has 2 aromatic heterocycles. The third-order valence-electron chi connectivity index (χ3n) is 7.09. The number of primary amides is 1. The van der Waals surface area contributed by atoms with Crippen molar-refractivity contribution in [2.75, 3.05) is 30.3 Å². The summed E-state index contributed by atoms with van der Waals surface area (Å²) in [4.78, 5) is 34.6. The number of hydrogen-bond donors (Lipinski definition) is 3. The second-order valence-corrected chi connectivity index (χ2v) is 11.6. The molecule has 11 heteroatoms. The van der Waals surface area contributed by atoms with Crippen LogP contribution in [0.25, 0.3) is 10.9 Å². The zero-order valence-electron chi connectivity index (χ0n) is 21.1. The van der Waals surface area contributed by atoms with Gasteiger partial charge in [-0.1, -0.05) is 0 Å². The number of halogens is 1. The Balaban J connectivity index is 1.31. The Hall–Kier alpha value is -3.39. The number of benzene rings is 1. The first kappa shape index (κ1) is 26.2. The van der Waals surface area contributed by atoms with Crippen LogP contribution in [0, 0.1) is 5.82 Å². The number of nitrogens with one attached hydrogen (secondary N) is 2. The van der Waals surface area contributed by atoms with Crippen molar-refractivity contribution < 1.29 is 18.7 Å². The summed E-state index contributed by atoms with van der Waals surface area (Å²) in [7, 11) is 0. The van der Waals surface area contributed by atoms with Crippen molar-refractivity contribution >= 4 is 56.9 Å². The number of carbonyl (C=O) groups is 2. The van der Waals surface area contributed by atoms with Gasteiger partial charge in [0.05, 0.1) is 6.54 Å². The number of ether oxygens (including phenoxy) is 1. The molecule has 3 aromatic rings. The predicted molar refractivity (Wildman–Crippen MR) is 147 cm³/mol. The number of anilines is 3. The van der Waals surface area contributed by atoms with E-state index < -0.39 is 11.7 Å². The quantitative estimate of drug-likeness (QED) is 0.331. The van der Waals surface area contributed by atoms with Gasteiger partial charge < -0.3 is 9.64 Å². The molecule has 1 saturated carbocycles. The van der Waals surface area contributed by atoms with E-state index in [4.69, 9.17) is 10.5 Å². The van der Waals surface area contributed by atoms with Gasteiger partial charge in [-0.05, 0) is 6.42 Å². The SMILES string of the molecule is NC(=O)c1cc(F)c(NC2CCCCC2[AsH2])nc1Nc1ccc2nc(OCCN3CCCC3=O)ccc2c1. The topological polar surface area (TPSA) is 122 Å². The molecule has 0 spiro atoms. The van der Waals surface area contributed by atoms with Crippen molar-refractivity contribution in [3.63, 3.8) is 0 Å². The second-order valence-electron chi connectivity index (χ2n) is 9.79. The molecule has 3 atom stereocenters. The molecular weight excluding hydrogens is 550 g/mol. The van der Waals surface area contributed by atoms with Crippen LogP contribution in [-0.2, 0) is 4.79 Å². The van der Waals surface area contributed by atoms with Crippen molar-refractivity contribution in [2.24, 2.45) is 5.73 Å². The van der Waals surface area contributed by atoms with Crippen LogP contribution in [0.1, 0.15) is 48.9 Å². The van der Waals surface area contributed by atoms with E-state index >= 15 is 0 Å². The summed E-state index contributed by atoms with van der Waals surface area (Å²) in [5.74, 6) is -0.401. The predicted octanol–water partition coefficient (Wildman–Crippen LogP) is 3.39. The maximum absolute atomic E-state index is 14.9. The Bertz CT molecular complexity index is 1360. The van der Waals surface area contributed by atoms with Crippen LogP contribution in [0.15, 0.2) is 36.4 Å². The molecule has 3 unspecified atom stereocenters. The molecule has 5 rings (SSSR count). The number of carbonyl (C=O) groups excluding carboxylic acids is 2. The van der Waals surface area contributed by atoms with Gasteiger partial charge in [-0.3, -0.25) is 4.79 Å². The first-order valence-corrected chi connectivity index (χ1v) is 14.4. The van der Waals surface area contributed by atoms with Gasteiger partial charge in [-0.25, -0.2) is 0 Å². The Morgan fingerprint density at radius 3 is 2.74 bits per heavy atom. The Kier molecular flexibility index (Phi) is 7.98. The average Bonchev–Trinajstić information content (AvgIpc) is 3.31. The van der Waals surface area contributed by atoms with E-state index in [1.807, 2.05) is 18.2 Å². The molecule has 0 radical (unpaired) electrons. The molecule has 2 amide bonds. The summed E-state index contributed by atoms with van der Waals surface area (Å²) >= 11 is 1.65. The van der Waals surface area contributed by atoms with Crippen LogP contribution in [-0.4, -0.2) is 69.3 Å². The van der Waals surface area contributed by atoms with Gasteiger partial charge in [0, 0.05) is 13.0 Å². The van der Waals surface area contributed by atoms with Crippen LogP contribution in [0.2, 0.25) is 4.71 Å². The molecule has 4 N–H and O–H groups in total. The Morgan fingerprint density at radius 2 is 1.97 bits per heavy atom. The molecule has 1 aliphatic heterocycles. The monoisotopic (exact) mass is 582 g/mol. The number of aromatic nitrogens is 2. The van der Waals surface area contributed by atoms with Crippen LogP contribution in [0.4, 0.5) is 21.7 Å². The molecule has 1 aromatic carbocycles. The van der Waals surface area contributed by atoms with Crippen molar-refractivity contribution in [3.05, 3.63) is 47.8 Å². The summed E-state index contributed by atoms with van der Waals surface area (Å²) in [6, 6.07) is 10.4. The first-order valence-electron chi connectivity index (χ1n) is 13.0. The van der Waals surface area contributed by atoms with Gasteiger partial charge >= 0.3 is 171 Å². The van der Waals surface area contributed by atoms with Gasteiger partial charge in [0.25, 0.3) is 0 Å². The number of amides is 2. The van der Waals surface area contributed by atoms with Crippen molar-refractivity contribution in [3.8, 4) is 5.88 Å². The van der Waals surface area contributed by atoms with Gasteiger partial charge in [0.1, 0.15) is 6.61 Å². The van der Waals surface area contributed by atoms with E-state index in [9.17, 15) is 14.0 Å². The number of nitrogens with two attached hydrogens (primary N) is 1. The van der Waals surface area contributed by atoms with Gasteiger partial charge in [0.15, 0.2) is 0 Å². The number of fused-ring (bicyclic) bond motifs is 1. The molecule has 0 bridgehead atoms. The van der Waals surface area contributed by atoms with Crippen molar-refractivity contribution in [1.82, 2.24) is 14.9 Å². The van der Waals surface area contributed by atoms with Gasteiger partial charge in [0.2, 0.25) is 11.8 Å². The minimum atomic E-state index is -0.764. The van der Waals surface area contributed by atoms with Crippen LogP contribution in [0.3, 0.4) is 0 Å². The van der Waals surface area contributed by atoms with Crippen LogP contribution >= 0.6 is 0 Å². The van der Waals surface area contributed by atoms with Crippen molar-refractivity contribution in [2.45, 2.75) is 49.3 Å². The zero-order chi connectivity index (χ0) is 26.6. The molecule has 2 fully saturated rings. The van der Waals surface area contributed by atoms with E-state index in [0.717, 1.165) is 49.2 Å². The zero-order valence-corrected chi connectivity index (χ0v) is 23.5. The molecule has 38 heavy (non-hydrogen) atoms. The fourth-order valence-corrected chi connectivity index (χ4v) is 6.09. The molecule has 9 nitrogen and oxygen atoms in total. The molecule has 1 saturated heterocycles. The fraction of sp³-hybridized carbons (Fsp3) is 0.407. The summed E-state index contributed by atoms with van der Waals surface area (Å²) < 4.78 is 21.1.